The maximum atomic E-state index is 13.0. The van der Waals surface area contributed by atoms with Gasteiger partial charge in [-0.15, -0.1) is 11.3 Å². The summed E-state index contributed by atoms with van der Waals surface area (Å²) in [5.41, 5.74) is 2.55. The Morgan fingerprint density at radius 1 is 1.00 bits per heavy atom. The molecular weight excluding hydrogens is 306 g/mol. The van der Waals surface area contributed by atoms with Crippen LogP contribution in [0.15, 0.2) is 53.3 Å². The Morgan fingerprint density at radius 2 is 1.78 bits per heavy atom. The fourth-order valence-electron chi connectivity index (χ4n) is 3.12. The van der Waals surface area contributed by atoms with Gasteiger partial charge in [-0.05, 0) is 31.2 Å². The maximum Gasteiger partial charge on any atom is 0.201 e. The van der Waals surface area contributed by atoms with Crippen molar-refractivity contribution >= 4 is 48.3 Å². The number of benzene rings is 2. The van der Waals surface area contributed by atoms with Crippen LogP contribution in [0.5, 0.6) is 0 Å². The minimum atomic E-state index is 0.00200. The lowest BCUT2D eigenvalue weighted by atomic mass is 10.2. The molecule has 0 aliphatic rings. The van der Waals surface area contributed by atoms with E-state index in [4.69, 9.17) is 4.98 Å². The fraction of sp³-hybridized carbons (Fsp3) is 0.0556. The van der Waals surface area contributed by atoms with Crippen LogP contribution in [-0.4, -0.2) is 14.4 Å². The van der Waals surface area contributed by atoms with Gasteiger partial charge in [-0.2, -0.15) is 0 Å². The van der Waals surface area contributed by atoms with Crippen LogP contribution < -0.4 is 5.43 Å². The van der Waals surface area contributed by atoms with Gasteiger partial charge in [-0.25, -0.2) is 9.97 Å². The van der Waals surface area contributed by atoms with Gasteiger partial charge in [0.2, 0.25) is 5.43 Å². The van der Waals surface area contributed by atoms with E-state index in [0.717, 1.165) is 31.8 Å². The second-order valence-corrected chi connectivity index (χ2v) is 6.56. The third-order valence-corrected chi connectivity index (χ3v) is 5.22. The molecule has 0 saturated carbocycles. The van der Waals surface area contributed by atoms with Gasteiger partial charge in [0, 0.05) is 10.1 Å². The molecule has 5 heteroatoms. The number of rotatable bonds is 0. The summed E-state index contributed by atoms with van der Waals surface area (Å²) in [6.45, 7) is 1.95. The molecule has 0 N–H and O–H groups in total. The normalized spacial score (nSPS) is 11.9. The van der Waals surface area contributed by atoms with Gasteiger partial charge in [-0.1, -0.05) is 24.3 Å². The van der Waals surface area contributed by atoms with Crippen molar-refractivity contribution in [2.45, 2.75) is 6.92 Å². The molecule has 0 bridgehead atoms. The fourth-order valence-corrected chi connectivity index (χ4v) is 4.21. The van der Waals surface area contributed by atoms with Crippen molar-refractivity contribution in [1.29, 1.82) is 0 Å². The number of aromatic nitrogens is 3. The molecule has 5 aromatic rings. The van der Waals surface area contributed by atoms with E-state index in [0.29, 0.717) is 11.0 Å². The summed E-state index contributed by atoms with van der Waals surface area (Å²) in [7, 11) is 0. The summed E-state index contributed by atoms with van der Waals surface area (Å²) in [6.07, 6.45) is 0. The van der Waals surface area contributed by atoms with E-state index in [2.05, 4.69) is 4.98 Å². The highest BCUT2D eigenvalue weighted by Gasteiger charge is 2.16. The zero-order valence-electron chi connectivity index (χ0n) is 12.3. The van der Waals surface area contributed by atoms with E-state index in [1.54, 1.807) is 0 Å². The van der Waals surface area contributed by atoms with E-state index in [1.807, 2.05) is 59.9 Å². The summed E-state index contributed by atoms with van der Waals surface area (Å²) in [4.78, 5) is 23.1. The zero-order chi connectivity index (χ0) is 15.6. The van der Waals surface area contributed by atoms with Gasteiger partial charge in [-0.3, -0.25) is 9.20 Å². The van der Waals surface area contributed by atoms with Crippen LogP contribution in [0.3, 0.4) is 0 Å². The van der Waals surface area contributed by atoms with Crippen molar-refractivity contribution in [2.24, 2.45) is 0 Å². The lowest BCUT2D eigenvalue weighted by molar-refractivity contribution is 1.04. The van der Waals surface area contributed by atoms with Gasteiger partial charge in [0.25, 0.3) is 0 Å². The Labute approximate surface area is 134 Å². The molecule has 0 aliphatic heterocycles. The highest BCUT2D eigenvalue weighted by atomic mass is 32.1. The molecule has 110 valence electrons. The van der Waals surface area contributed by atoms with Crippen molar-refractivity contribution in [3.63, 3.8) is 0 Å². The molecule has 0 unspecified atom stereocenters. The first-order valence-electron chi connectivity index (χ1n) is 7.33. The summed E-state index contributed by atoms with van der Waals surface area (Å²) < 4.78 is 2.93. The van der Waals surface area contributed by atoms with Crippen LogP contribution in [0.2, 0.25) is 0 Å². The molecule has 4 nitrogen and oxygen atoms in total. The number of imidazole rings is 1. The molecule has 0 radical (unpaired) electrons. The van der Waals surface area contributed by atoms with Crippen molar-refractivity contribution in [3.05, 3.63) is 64.6 Å². The molecule has 0 saturated heterocycles. The molecule has 3 aromatic heterocycles. The largest absolute Gasteiger partial charge is 0.288 e. The van der Waals surface area contributed by atoms with Gasteiger partial charge < -0.3 is 0 Å². The van der Waals surface area contributed by atoms with Gasteiger partial charge in [0.1, 0.15) is 16.0 Å². The molecule has 5 rings (SSSR count). The lowest BCUT2D eigenvalue weighted by Gasteiger charge is -2.05. The minimum absolute atomic E-state index is 0.00200. The van der Waals surface area contributed by atoms with Crippen LogP contribution in [-0.2, 0) is 0 Å². The van der Waals surface area contributed by atoms with Crippen LogP contribution in [0.1, 0.15) is 5.82 Å². The number of nitrogens with zero attached hydrogens (tertiary/aromatic N) is 3. The van der Waals surface area contributed by atoms with Crippen molar-refractivity contribution in [2.75, 3.05) is 0 Å². The van der Waals surface area contributed by atoms with Crippen molar-refractivity contribution in [3.8, 4) is 0 Å². The van der Waals surface area contributed by atoms with Crippen LogP contribution in [0.25, 0.3) is 37.0 Å². The van der Waals surface area contributed by atoms with E-state index < -0.39 is 0 Å². The Balaban J connectivity index is 2.15. The second-order valence-electron chi connectivity index (χ2n) is 5.53. The maximum absolute atomic E-state index is 13.0. The highest BCUT2D eigenvalue weighted by Crippen LogP contribution is 2.28. The molecular formula is C18H11N3OS. The number of hydrogen-bond donors (Lipinski definition) is 0. The third kappa shape index (κ3) is 1.62. The third-order valence-electron chi connectivity index (χ3n) is 4.15. The van der Waals surface area contributed by atoms with Crippen molar-refractivity contribution in [1.82, 2.24) is 14.4 Å². The van der Waals surface area contributed by atoms with E-state index in [9.17, 15) is 4.79 Å². The van der Waals surface area contributed by atoms with Crippen LogP contribution >= 0.6 is 11.3 Å². The van der Waals surface area contributed by atoms with Crippen molar-refractivity contribution < 1.29 is 0 Å². The number of aryl methyl sites for hydroxylation is 1. The summed E-state index contributed by atoms with van der Waals surface area (Å²) >= 11 is 1.54. The molecule has 23 heavy (non-hydrogen) atoms. The number of fused-ring (bicyclic) bond motifs is 6. The standard InChI is InChI=1S/C18H11N3OS/c1-10-19-18-15(16(22)11-6-2-5-9-14(11)23-18)17-20-12-7-3-4-8-13(12)21(10)17/h2-9H,1H3. The quantitative estimate of drug-likeness (QED) is 0.407. The highest BCUT2D eigenvalue weighted by molar-refractivity contribution is 7.24. The SMILES string of the molecule is Cc1nc2sc3ccccc3c(=O)c2c2nc3ccccc3n12. The Morgan fingerprint density at radius 3 is 2.70 bits per heavy atom. The summed E-state index contributed by atoms with van der Waals surface area (Å²) in [5.74, 6) is 0.840. The minimum Gasteiger partial charge on any atom is -0.288 e. The van der Waals surface area contributed by atoms with Gasteiger partial charge in [0.05, 0.1) is 11.0 Å². The van der Waals surface area contributed by atoms with Crippen LogP contribution in [0.4, 0.5) is 0 Å². The Bertz CT molecular complexity index is 1300. The molecule has 0 spiro atoms. The molecule has 2 aromatic carbocycles. The molecule has 3 heterocycles. The molecule has 0 atom stereocenters. The van der Waals surface area contributed by atoms with E-state index in [1.165, 1.54) is 11.3 Å². The Hall–Kier alpha value is -2.79. The predicted octanol–water partition coefficient (Wildman–Crippen LogP) is 3.92. The average molecular weight is 317 g/mol. The molecule has 0 fully saturated rings. The first kappa shape index (κ1) is 12.7. The van der Waals surface area contributed by atoms with Gasteiger partial charge >= 0.3 is 0 Å². The monoisotopic (exact) mass is 317 g/mol. The Kier molecular flexibility index (Phi) is 2.41. The topological polar surface area (TPSA) is 47.3 Å². The lowest BCUT2D eigenvalue weighted by Crippen LogP contribution is -2.06. The number of hydrogen-bond acceptors (Lipinski definition) is 4. The molecule has 0 amide bonds. The summed E-state index contributed by atoms with van der Waals surface area (Å²) in [6, 6.07) is 15.6. The van der Waals surface area contributed by atoms with E-state index >= 15 is 0 Å². The average Bonchev–Trinajstić information content (AvgIpc) is 2.94. The van der Waals surface area contributed by atoms with Crippen LogP contribution in [0, 0.1) is 6.92 Å². The molecule has 0 aliphatic carbocycles. The smallest absolute Gasteiger partial charge is 0.201 e. The van der Waals surface area contributed by atoms with Gasteiger partial charge in [0.15, 0.2) is 5.65 Å². The van der Waals surface area contributed by atoms with E-state index in [-0.39, 0.29) is 5.43 Å². The first-order chi connectivity index (χ1) is 11.2. The second kappa shape index (κ2) is 4.36. The first-order valence-corrected chi connectivity index (χ1v) is 8.15. The predicted molar refractivity (Wildman–Crippen MR) is 94.4 cm³/mol. The zero-order valence-corrected chi connectivity index (χ0v) is 13.1. The number of para-hydroxylation sites is 2. The summed E-state index contributed by atoms with van der Waals surface area (Å²) in [5, 5.41) is 1.33.